The van der Waals surface area contributed by atoms with E-state index in [1.165, 1.54) is 0 Å². The van der Waals surface area contributed by atoms with Crippen LogP contribution in [0, 0.1) is 23.7 Å². The number of rotatable bonds is 13. The van der Waals surface area contributed by atoms with E-state index in [0.29, 0.717) is 36.6 Å². The zero-order valence-corrected chi connectivity index (χ0v) is 26.3. The van der Waals surface area contributed by atoms with Gasteiger partial charge in [-0.05, 0) is 43.7 Å². The number of likely N-dealkylation sites (tertiary alicyclic amines) is 1. The van der Waals surface area contributed by atoms with Crippen molar-refractivity contribution >= 4 is 35.0 Å². The standard InChI is InChI=1S/C33H46ClN3O5/c1-8-16-35(17-9-2)29(39)26-27-30(40)37(25(20-38)21(5)11-4)28(33(27)19-22(6)32(26,7)42-33)31(41)36(18-10-3)24-15-13-12-14-23(24)34/h8,10,12-15,21-22,25-28,38H,1,3,9,11,16-20H2,2,4-7H3/t21-,22?,25-,26+,27-,28?,32-,33?/m0/s1. The number of nitrogens with zero attached hydrogens (tertiary/aromatic N) is 3. The number of fused-ring (bicyclic) bond motifs is 1. The summed E-state index contributed by atoms with van der Waals surface area (Å²) in [6, 6.07) is 5.38. The Morgan fingerprint density at radius 3 is 2.45 bits per heavy atom. The number of aliphatic hydroxyl groups is 1. The second kappa shape index (κ2) is 12.5. The maximum absolute atomic E-state index is 14.9. The second-order valence-corrected chi connectivity index (χ2v) is 12.8. The average molecular weight is 600 g/mol. The van der Waals surface area contributed by atoms with E-state index in [0.717, 1.165) is 6.42 Å². The number of anilines is 1. The maximum Gasteiger partial charge on any atom is 0.253 e. The third-order valence-corrected chi connectivity index (χ3v) is 10.3. The first kappa shape index (κ1) is 32.2. The van der Waals surface area contributed by atoms with E-state index in [1.54, 1.807) is 51.1 Å². The highest BCUT2D eigenvalue weighted by atomic mass is 35.5. The van der Waals surface area contributed by atoms with E-state index in [4.69, 9.17) is 16.3 Å². The molecule has 3 aliphatic heterocycles. The van der Waals surface area contributed by atoms with Gasteiger partial charge in [0.1, 0.15) is 11.6 Å². The molecule has 1 aromatic rings. The summed E-state index contributed by atoms with van der Waals surface area (Å²) in [7, 11) is 0. The number of halogens is 1. The third kappa shape index (κ3) is 4.89. The molecule has 8 nitrogen and oxygen atoms in total. The summed E-state index contributed by atoms with van der Waals surface area (Å²) in [6.07, 6.45) is 5.20. The smallest absolute Gasteiger partial charge is 0.253 e. The maximum atomic E-state index is 14.9. The van der Waals surface area contributed by atoms with Crippen LogP contribution in [0.3, 0.4) is 0 Å². The number of amides is 3. The molecule has 9 heteroatoms. The molecule has 2 bridgehead atoms. The number of carbonyl (C=O) groups excluding carboxylic acids is 3. The Morgan fingerprint density at radius 2 is 1.88 bits per heavy atom. The Hall–Kier alpha value is -2.68. The van der Waals surface area contributed by atoms with Gasteiger partial charge in [0.25, 0.3) is 5.91 Å². The Labute approximate surface area is 255 Å². The normalized spacial score (nSPS) is 31.0. The van der Waals surface area contributed by atoms with Crippen molar-refractivity contribution in [1.29, 1.82) is 0 Å². The molecule has 0 saturated carbocycles. The lowest BCUT2D eigenvalue weighted by Gasteiger charge is -2.41. The van der Waals surface area contributed by atoms with Crippen LogP contribution >= 0.6 is 11.6 Å². The lowest BCUT2D eigenvalue weighted by molar-refractivity contribution is -0.154. The Balaban J connectivity index is 1.92. The fourth-order valence-electron chi connectivity index (χ4n) is 7.67. The fraction of sp³-hybridized carbons (Fsp3) is 0.606. The van der Waals surface area contributed by atoms with Crippen LogP contribution in [0.2, 0.25) is 5.02 Å². The van der Waals surface area contributed by atoms with Crippen molar-refractivity contribution in [1.82, 2.24) is 9.80 Å². The predicted octanol–water partition coefficient (Wildman–Crippen LogP) is 4.70. The molecule has 0 aliphatic carbocycles. The Kier molecular flexibility index (Phi) is 9.60. The first-order chi connectivity index (χ1) is 20.0. The van der Waals surface area contributed by atoms with E-state index in [9.17, 15) is 19.5 Å². The fourth-order valence-corrected chi connectivity index (χ4v) is 7.91. The highest BCUT2D eigenvalue weighted by molar-refractivity contribution is 6.34. The molecule has 3 unspecified atom stereocenters. The van der Waals surface area contributed by atoms with Crippen molar-refractivity contribution in [3.63, 3.8) is 0 Å². The van der Waals surface area contributed by atoms with Gasteiger partial charge in [-0.3, -0.25) is 14.4 Å². The Bertz CT molecular complexity index is 1220. The van der Waals surface area contributed by atoms with Crippen molar-refractivity contribution < 1.29 is 24.2 Å². The lowest BCUT2D eigenvalue weighted by Crippen LogP contribution is -2.60. The van der Waals surface area contributed by atoms with Gasteiger partial charge in [0, 0.05) is 19.6 Å². The van der Waals surface area contributed by atoms with E-state index >= 15 is 0 Å². The summed E-state index contributed by atoms with van der Waals surface area (Å²) in [5.41, 5.74) is -1.68. The predicted molar refractivity (Wildman–Crippen MR) is 165 cm³/mol. The highest BCUT2D eigenvalue weighted by Crippen LogP contribution is 2.66. The molecule has 0 aromatic heterocycles. The summed E-state index contributed by atoms with van der Waals surface area (Å²) in [5, 5.41) is 11.1. The summed E-state index contributed by atoms with van der Waals surface area (Å²) in [5.74, 6) is -2.66. The van der Waals surface area contributed by atoms with Gasteiger partial charge in [-0.1, -0.05) is 70.0 Å². The number of benzene rings is 1. The van der Waals surface area contributed by atoms with Gasteiger partial charge in [0.05, 0.1) is 40.8 Å². The largest absolute Gasteiger partial charge is 0.394 e. The summed E-state index contributed by atoms with van der Waals surface area (Å²) < 4.78 is 6.94. The average Bonchev–Trinajstić information content (AvgIpc) is 3.48. The van der Waals surface area contributed by atoms with E-state index < -0.39 is 35.1 Å². The van der Waals surface area contributed by atoms with Crippen LogP contribution in [0.4, 0.5) is 5.69 Å². The molecule has 3 aliphatic rings. The summed E-state index contributed by atoms with van der Waals surface area (Å²) in [6.45, 7) is 18.4. The molecule has 3 fully saturated rings. The van der Waals surface area contributed by atoms with Gasteiger partial charge in [-0.25, -0.2) is 0 Å². The number of hydrogen-bond donors (Lipinski definition) is 1. The molecular formula is C33H46ClN3O5. The first-order valence-corrected chi connectivity index (χ1v) is 15.6. The zero-order chi connectivity index (χ0) is 31.0. The molecule has 3 saturated heterocycles. The summed E-state index contributed by atoms with van der Waals surface area (Å²) in [4.78, 5) is 48.8. The number of hydrogen-bond acceptors (Lipinski definition) is 5. The number of carbonyl (C=O) groups is 3. The molecular weight excluding hydrogens is 554 g/mol. The van der Waals surface area contributed by atoms with Crippen LogP contribution in [-0.4, -0.2) is 82.2 Å². The number of aliphatic hydroxyl groups excluding tert-OH is 1. The lowest BCUT2D eigenvalue weighted by atomic mass is 9.62. The molecule has 1 spiro atoms. The van der Waals surface area contributed by atoms with Crippen LogP contribution in [0.25, 0.3) is 0 Å². The van der Waals surface area contributed by atoms with Crippen LogP contribution in [0.1, 0.15) is 53.9 Å². The minimum absolute atomic E-state index is 0.0951. The topological polar surface area (TPSA) is 90.4 Å². The molecule has 230 valence electrons. The first-order valence-electron chi connectivity index (χ1n) is 15.2. The van der Waals surface area contributed by atoms with Crippen LogP contribution < -0.4 is 4.90 Å². The minimum Gasteiger partial charge on any atom is -0.394 e. The van der Waals surface area contributed by atoms with E-state index in [-0.39, 0.29) is 42.7 Å². The van der Waals surface area contributed by atoms with E-state index in [2.05, 4.69) is 13.2 Å². The third-order valence-electron chi connectivity index (χ3n) is 9.97. The SMILES string of the molecule is C=CCN(CCC)C(=O)[C@H]1[C@H]2C(=O)N([C@@H](CO)[C@@H](C)CC)C(C(=O)N(CC=C)c3ccccc3Cl)C23CC(C)[C@]1(C)O3. The quantitative estimate of drug-likeness (QED) is 0.332. The number of para-hydroxylation sites is 1. The molecule has 0 radical (unpaired) electrons. The van der Waals surface area contributed by atoms with Gasteiger partial charge in [0.2, 0.25) is 11.8 Å². The van der Waals surface area contributed by atoms with Crippen LogP contribution in [0.15, 0.2) is 49.6 Å². The molecule has 42 heavy (non-hydrogen) atoms. The van der Waals surface area contributed by atoms with Crippen molar-refractivity contribution in [3.05, 3.63) is 54.6 Å². The Morgan fingerprint density at radius 1 is 1.21 bits per heavy atom. The molecule has 1 N–H and O–H groups in total. The van der Waals surface area contributed by atoms with Gasteiger partial charge < -0.3 is 24.5 Å². The molecule has 3 heterocycles. The molecule has 3 amide bonds. The van der Waals surface area contributed by atoms with Crippen molar-refractivity contribution in [3.8, 4) is 0 Å². The van der Waals surface area contributed by atoms with Gasteiger partial charge in [-0.15, -0.1) is 13.2 Å². The molecule has 4 rings (SSSR count). The van der Waals surface area contributed by atoms with Gasteiger partial charge in [-0.2, -0.15) is 0 Å². The summed E-state index contributed by atoms with van der Waals surface area (Å²) >= 11 is 6.59. The van der Waals surface area contributed by atoms with Gasteiger partial charge in [0.15, 0.2) is 0 Å². The minimum atomic E-state index is -1.24. The van der Waals surface area contributed by atoms with Crippen molar-refractivity contribution in [2.75, 3.05) is 31.1 Å². The van der Waals surface area contributed by atoms with Gasteiger partial charge >= 0.3 is 0 Å². The zero-order valence-electron chi connectivity index (χ0n) is 25.6. The van der Waals surface area contributed by atoms with Crippen molar-refractivity contribution in [2.24, 2.45) is 23.7 Å². The van der Waals surface area contributed by atoms with Crippen LogP contribution in [-0.2, 0) is 19.1 Å². The second-order valence-electron chi connectivity index (χ2n) is 12.3. The van der Waals surface area contributed by atoms with E-state index in [1.807, 2.05) is 34.6 Å². The highest BCUT2D eigenvalue weighted by Gasteiger charge is 2.80. The monoisotopic (exact) mass is 599 g/mol. The number of ether oxygens (including phenoxy) is 1. The van der Waals surface area contributed by atoms with Crippen molar-refractivity contribution in [2.45, 2.75) is 77.2 Å². The molecule has 1 aromatic carbocycles. The molecule has 8 atom stereocenters. The van der Waals surface area contributed by atoms with Crippen LogP contribution in [0.5, 0.6) is 0 Å².